The van der Waals surface area contributed by atoms with Gasteiger partial charge in [-0.05, 0) is 32.1 Å². The highest BCUT2D eigenvalue weighted by atomic mass is 16.3. The number of allylic oxidation sites excluding steroid dienone is 3. The molecule has 1 amide bonds. The van der Waals surface area contributed by atoms with Gasteiger partial charge in [0.25, 0.3) is 0 Å². The first kappa shape index (κ1) is 31.9. The molecule has 0 heterocycles. The predicted molar refractivity (Wildman–Crippen MR) is 142 cm³/mol. The van der Waals surface area contributed by atoms with Crippen molar-refractivity contribution in [2.45, 2.75) is 148 Å². The van der Waals surface area contributed by atoms with Crippen LogP contribution in [0, 0.1) is 0 Å². The van der Waals surface area contributed by atoms with Crippen molar-refractivity contribution in [2.24, 2.45) is 0 Å². The van der Waals surface area contributed by atoms with Crippen LogP contribution in [0.25, 0.3) is 0 Å². The van der Waals surface area contributed by atoms with Crippen LogP contribution in [0.5, 0.6) is 0 Å². The molecule has 2 unspecified atom stereocenters. The molecular formula is C29H55NO3. The van der Waals surface area contributed by atoms with E-state index in [-0.39, 0.29) is 12.5 Å². The zero-order valence-electron chi connectivity index (χ0n) is 21.9. The quantitative estimate of drug-likeness (QED) is 0.103. The van der Waals surface area contributed by atoms with Crippen molar-refractivity contribution < 1.29 is 15.0 Å². The molecule has 0 saturated heterocycles. The highest BCUT2D eigenvalue weighted by Gasteiger charge is 2.17. The molecule has 0 radical (unpaired) electrons. The smallest absolute Gasteiger partial charge is 0.220 e. The second kappa shape index (κ2) is 25.5. The molecule has 4 nitrogen and oxygen atoms in total. The van der Waals surface area contributed by atoms with Crippen LogP contribution in [0.15, 0.2) is 24.3 Å². The summed E-state index contributed by atoms with van der Waals surface area (Å²) < 4.78 is 0. The van der Waals surface area contributed by atoms with E-state index in [1.54, 1.807) is 6.08 Å². The lowest BCUT2D eigenvalue weighted by Crippen LogP contribution is -2.45. The Morgan fingerprint density at radius 2 is 1.18 bits per heavy atom. The second-order valence-electron chi connectivity index (χ2n) is 9.46. The van der Waals surface area contributed by atoms with Gasteiger partial charge in [-0.25, -0.2) is 0 Å². The summed E-state index contributed by atoms with van der Waals surface area (Å²) in [5, 5.41) is 22.6. The molecule has 194 valence electrons. The molecular weight excluding hydrogens is 410 g/mol. The summed E-state index contributed by atoms with van der Waals surface area (Å²) in [6, 6.07) is -0.629. The minimum atomic E-state index is -0.853. The number of unbranched alkanes of at least 4 members (excludes halogenated alkanes) is 15. The number of rotatable bonds is 24. The number of aliphatic hydroxyl groups excluding tert-OH is 2. The average Bonchev–Trinajstić information content (AvgIpc) is 2.82. The lowest BCUT2D eigenvalue weighted by molar-refractivity contribution is -0.123. The minimum Gasteiger partial charge on any atom is -0.394 e. The highest BCUT2D eigenvalue weighted by molar-refractivity contribution is 5.76. The lowest BCUT2D eigenvalue weighted by Gasteiger charge is -2.19. The van der Waals surface area contributed by atoms with Crippen molar-refractivity contribution in [3.05, 3.63) is 24.3 Å². The number of amides is 1. The third-order valence-electron chi connectivity index (χ3n) is 6.19. The number of hydrogen-bond acceptors (Lipinski definition) is 3. The summed E-state index contributed by atoms with van der Waals surface area (Å²) in [5.41, 5.74) is 0. The maximum Gasteiger partial charge on any atom is 0.220 e. The van der Waals surface area contributed by atoms with Crippen LogP contribution in [0.1, 0.15) is 136 Å². The largest absolute Gasteiger partial charge is 0.394 e. The zero-order chi connectivity index (χ0) is 24.4. The van der Waals surface area contributed by atoms with Crippen LogP contribution < -0.4 is 5.32 Å². The molecule has 0 spiro atoms. The Kier molecular flexibility index (Phi) is 24.6. The number of aliphatic hydroxyl groups is 2. The molecule has 33 heavy (non-hydrogen) atoms. The molecule has 0 saturated carbocycles. The van der Waals surface area contributed by atoms with E-state index in [2.05, 4.69) is 31.3 Å². The Morgan fingerprint density at radius 1 is 0.697 bits per heavy atom. The van der Waals surface area contributed by atoms with Gasteiger partial charge in [0.1, 0.15) is 0 Å². The lowest BCUT2D eigenvalue weighted by atomic mass is 10.1. The van der Waals surface area contributed by atoms with Crippen LogP contribution >= 0.6 is 0 Å². The fourth-order valence-electron chi connectivity index (χ4n) is 3.95. The van der Waals surface area contributed by atoms with Crippen molar-refractivity contribution in [3.8, 4) is 0 Å². The molecule has 0 aromatic heterocycles. The van der Waals surface area contributed by atoms with Gasteiger partial charge in [-0.2, -0.15) is 0 Å². The molecule has 0 aromatic carbocycles. The van der Waals surface area contributed by atoms with Gasteiger partial charge in [0.05, 0.1) is 18.8 Å². The molecule has 3 N–H and O–H groups in total. The van der Waals surface area contributed by atoms with E-state index >= 15 is 0 Å². The summed E-state index contributed by atoms with van der Waals surface area (Å²) in [6.45, 7) is 4.21. The molecule has 0 bridgehead atoms. The van der Waals surface area contributed by atoms with Crippen LogP contribution in [0.2, 0.25) is 0 Å². The first-order chi connectivity index (χ1) is 16.2. The molecule has 4 heteroatoms. The molecule has 0 aliphatic heterocycles. The Labute approximate surface area is 205 Å². The van der Waals surface area contributed by atoms with E-state index in [4.69, 9.17) is 0 Å². The number of carbonyl (C=O) groups excluding carboxylic acids is 1. The molecule has 0 fully saturated rings. The van der Waals surface area contributed by atoms with Crippen LogP contribution in [-0.4, -0.2) is 34.9 Å². The normalized spacial score (nSPS) is 13.7. The SMILES string of the molecule is CCCCCCCCCC/C=C/CC/C=C/C(O)C(CO)NC(=O)CCCCCCCCC. The van der Waals surface area contributed by atoms with Crippen LogP contribution in [0.3, 0.4) is 0 Å². The maximum atomic E-state index is 12.1. The number of nitrogens with one attached hydrogen (secondary N) is 1. The summed E-state index contributed by atoms with van der Waals surface area (Å²) in [5.74, 6) is -0.0843. The van der Waals surface area contributed by atoms with Crippen molar-refractivity contribution in [3.63, 3.8) is 0 Å². The van der Waals surface area contributed by atoms with E-state index in [9.17, 15) is 15.0 Å². The Balaban J connectivity index is 3.77. The maximum absolute atomic E-state index is 12.1. The van der Waals surface area contributed by atoms with Crippen LogP contribution in [-0.2, 0) is 4.79 Å². The molecule has 0 aliphatic rings. The molecule has 0 rings (SSSR count). The van der Waals surface area contributed by atoms with Crippen LogP contribution in [0.4, 0.5) is 0 Å². The van der Waals surface area contributed by atoms with Gasteiger partial charge in [0.15, 0.2) is 0 Å². The fraction of sp³-hybridized carbons (Fsp3) is 0.828. The fourth-order valence-corrected chi connectivity index (χ4v) is 3.95. The highest BCUT2D eigenvalue weighted by Crippen LogP contribution is 2.11. The van der Waals surface area contributed by atoms with Crippen molar-refractivity contribution in [1.82, 2.24) is 5.32 Å². The van der Waals surface area contributed by atoms with E-state index in [0.29, 0.717) is 6.42 Å². The van der Waals surface area contributed by atoms with Gasteiger partial charge in [-0.3, -0.25) is 4.79 Å². The van der Waals surface area contributed by atoms with Crippen molar-refractivity contribution >= 4 is 5.91 Å². The number of hydrogen-bond donors (Lipinski definition) is 3. The molecule has 0 aromatic rings. The number of carbonyl (C=O) groups is 1. The van der Waals surface area contributed by atoms with Crippen molar-refractivity contribution in [1.29, 1.82) is 0 Å². The third kappa shape index (κ3) is 22.4. The molecule has 0 aliphatic carbocycles. The van der Waals surface area contributed by atoms with E-state index in [0.717, 1.165) is 32.1 Å². The van der Waals surface area contributed by atoms with E-state index < -0.39 is 12.1 Å². The minimum absolute atomic E-state index is 0.0843. The first-order valence-electron chi connectivity index (χ1n) is 14.1. The van der Waals surface area contributed by atoms with E-state index in [1.165, 1.54) is 83.5 Å². The second-order valence-corrected chi connectivity index (χ2v) is 9.46. The van der Waals surface area contributed by atoms with Gasteiger partial charge in [0.2, 0.25) is 5.91 Å². The van der Waals surface area contributed by atoms with Crippen molar-refractivity contribution in [2.75, 3.05) is 6.61 Å². The Bertz CT molecular complexity index is 475. The van der Waals surface area contributed by atoms with Gasteiger partial charge < -0.3 is 15.5 Å². The monoisotopic (exact) mass is 465 g/mol. The van der Waals surface area contributed by atoms with Gasteiger partial charge in [0, 0.05) is 6.42 Å². The standard InChI is InChI=1S/C29H55NO3/c1-3-5-7-9-11-12-13-14-15-16-17-19-20-22-24-28(32)27(26-31)30-29(33)25-23-21-18-10-8-6-4-2/h16-17,22,24,27-28,31-32H,3-15,18-21,23,25-26H2,1-2H3,(H,30,33)/b17-16+,24-22+. The van der Waals surface area contributed by atoms with Gasteiger partial charge in [-0.1, -0.05) is 122 Å². The first-order valence-corrected chi connectivity index (χ1v) is 14.1. The summed E-state index contributed by atoms with van der Waals surface area (Å²) >= 11 is 0. The third-order valence-corrected chi connectivity index (χ3v) is 6.19. The van der Waals surface area contributed by atoms with Gasteiger partial charge >= 0.3 is 0 Å². The summed E-state index contributed by atoms with van der Waals surface area (Å²) in [4.78, 5) is 12.1. The Morgan fingerprint density at radius 3 is 1.76 bits per heavy atom. The summed E-state index contributed by atoms with van der Waals surface area (Å²) in [6.07, 6.45) is 29.7. The Hall–Kier alpha value is -1.13. The average molecular weight is 466 g/mol. The zero-order valence-corrected chi connectivity index (χ0v) is 21.9. The van der Waals surface area contributed by atoms with Gasteiger partial charge in [-0.15, -0.1) is 0 Å². The van der Waals surface area contributed by atoms with E-state index in [1.807, 2.05) is 6.08 Å². The predicted octanol–water partition coefficient (Wildman–Crippen LogP) is 7.39. The summed E-state index contributed by atoms with van der Waals surface area (Å²) in [7, 11) is 0. The molecule has 2 atom stereocenters. The topological polar surface area (TPSA) is 69.6 Å².